The number of hydrogen-bond donors (Lipinski definition) is 4. The zero-order valence-electron chi connectivity index (χ0n) is 43.5. The fourth-order valence-corrected chi connectivity index (χ4v) is 13.5. The number of hydrogen-bond acceptors (Lipinski definition) is 6. The molecule has 2 aliphatic rings. The largest absolute Gasteiger partial charge is 0.481 e. The van der Waals surface area contributed by atoms with Gasteiger partial charge in [-0.15, -0.1) is 0 Å². The minimum absolute atomic E-state index is 0.107. The monoisotopic (exact) mass is 905 g/mol. The van der Waals surface area contributed by atoms with E-state index >= 15 is 4.79 Å². The molecule has 0 aromatic rings. The van der Waals surface area contributed by atoms with Crippen molar-refractivity contribution in [3.05, 3.63) is 0 Å². The van der Waals surface area contributed by atoms with Crippen molar-refractivity contribution in [2.45, 2.75) is 278 Å². The summed E-state index contributed by atoms with van der Waals surface area (Å²) >= 11 is 0. The number of piperidine rings is 2. The molecule has 2 aliphatic heterocycles. The number of unbranched alkanes of at least 4 members (excludes halogenated alkanes) is 20. The lowest BCUT2D eigenvalue weighted by Crippen LogP contribution is -2.72. The van der Waals surface area contributed by atoms with Gasteiger partial charge in [0.25, 0.3) is 5.41 Å². The lowest BCUT2D eigenvalue weighted by Gasteiger charge is -2.64. The first-order valence-electron chi connectivity index (χ1n) is 26.2. The SMILES string of the molecule is CCCCCCCCCCCCCC(CC1CC(C)(C)N(C)C(C)(C)C1)(C1CC(C)(C)N(C)C(C)(C)C1)C(CCCCCCCCCCCCC)(C(=O)O)C(C(=O)O)(C(=O)O)C(=O)O. The standard InChI is InChI=1S/C54H100N2O8/c1-13-15-17-19-21-23-25-27-29-31-33-35-52(43-40-50(7,8)56(12)51(9,10)41-43,39-42-37-48(3,4)55(11)49(5,6)38-42)53(44(57)58,54(45(59)60,46(61)62)47(63)64)36-34-32-30-28-26-24-22-20-18-16-14-2/h42-43H,13-41H2,1-12H3,(H,57,58)(H,59,60)(H,61,62)(H,63,64). The maximum atomic E-state index is 15.0. The summed E-state index contributed by atoms with van der Waals surface area (Å²) in [5.41, 5.74) is -9.32. The Labute approximate surface area is 391 Å². The molecule has 0 aromatic carbocycles. The van der Waals surface area contributed by atoms with Gasteiger partial charge < -0.3 is 20.4 Å². The lowest BCUT2D eigenvalue weighted by atomic mass is 9.40. The van der Waals surface area contributed by atoms with Gasteiger partial charge in [-0.3, -0.25) is 29.0 Å². The van der Waals surface area contributed by atoms with Crippen LogP contribution in [0.3, 0.4) is 0 Å². The first kappa shape index (κ1) is 57.9. The van der Waals surface area contributed by atoms with Crippen LogP contribution in [0, 0.1) is 28.1 Å². The number of nitrogens with zero attached hydrogens (tertiary/aromatic N) is 2. The van der Waals surface area contributed by atoms with Crippen molar-refractivity contribution >= 4 is 23.9 Å². The highest BCUT2D eigenvalue weighted by molar-refractivity contribution is 6.20. The molecule has 4 N–H and O–H groups in total. The van der Waals surface area contributed by atoms with E-state index in [-0.39, 0.29) is 42.7 Å². The van der Waals surface area contributed by atoms with E-state index < -0.39 is 57.1 Å². The third kappa shape index (κ3) is 13.7. The fourth-order valence-electron chi connectivity index (χ4n) is 13.5. The van der Waals surface area contributed by atoms with Crippen LogP contribution in [0.2, 0.25) is 0 Å². The van der Waals surface area contributed by atoms with Crippen molar-refractivity contribution in [3.63, 3.8) is 0 Å². The zero-order valence-corrected chi connectivity index (χ0v) is 43.5. The Morgan fingerprint density at radius 2 is 0.719 bits per heavy atom. The average molecular weight is 905 g/mol. The molecule has 2 atom stereocenters. The summed E-state index contributed by atoms with van der Waals surface area (Å²) < 4.78 is 0. The van der Waals surface area contributed by atoms with Crippen LogP contribution in [0.25, 0.3) is 0 Å². The molecule has 10 nitrogen and oxygen atoms in total. The van der Waals surface area contributed by atoms with Crippen molar-refractivity contribution in [3.8, 4) is 0 Å². The van der Waals surface area contributed by atoms with Gasteiger partial charge in [0.2, 0.25) is 0 Å². The van der Waals surface area contributed by atoms with Gasteiger partial charge in [-0.25, -0.2) is 0 Å². The lowest BCUT2D eigenvalue weighted by molar-refractivity contribution is -0.225. The van der Waals surface area contributed by atoms with Gasteiger partial charge in [-0.2, -0.15) is 0 Å². The molecular formula is C54H100N2O8. The molecule has 0 spiro atoms. The molecule has 64 heavy (non-hydrogen) atoms. The van der Waals surface area contributed by atoms with E-state index in [4.69, 9.17) is 0 Å². The van der Waals surface area contributed by atoms with Crippen molar-refractivity contribution in [1.29, 1.82) is 0 Å². The molecule has 0 bridgehead atoms. The van der Waals surface area contributed by atoms with E-state index in [2.05, 4.69) is 93.1 Å². The van der Waals surface area contributed by atoms with Crippen LogP contribution < -0.4 is 0 Å². The normalized spacial score (nSPS) is 21.2. The molecule has 0 saturated carbocycles. The zero-order chi connectivity index (χ0) is 48.6. The van der Waals surface area contributed by atoms with Crippen LogP contribution >= 0.6 is 0 Å². The highest BCUT2D eigenvalue weighted by Gasteiger charge is 2.79. The average Bonchev–Trinajstić information content (AvgIpc) is 3.18. The van der Waals surface area contributed by atoms with Gasteiger partial charge in [-0.05, 0) is 132 Å². The van der Waals surface area contributed by atoms with Crippen molar-refractivity contribution in [2.75, 3.05) is 14.1 Å². The second-order valence-corrected chi connectivity index (χ2v) is 23.6. The van der Waals surface area contributed by atoms with Crippen LogP contribution in [0.4, 0.5) is 0 Å². The first-order valence-corrected chi connectivity index (χ1v) is 26.2. The van der Waals surface area contributed by atoms with E-state index in [0.29, 0.717) is 38.5 Å². The minimum atomic E-state index is -3.62. The van der Waals surface area contributed by atoms with E-state index in [1.54, 1.807) is 0 Å². The maximum absolute atomic E-state index is 15.0. The summed E-state index contributed by atoms with van der Waals surface area (Å²) in [6.45, 7) is 21.8. The molecule has 2 rings (SSSR count). The van der Waals surface area contributed by atoms with Crippen molar-refractivity contribution < 1.29 is 39.6 Å². The van der Waals surface area contributed by atoms with Crippen LogP contribution in [-0.2, 0) is 19.2 Å². The van der Waals surface area contributed by atoms with E-state index in [1.807, 2.05) is 0 Å². The molecular weight excluding hydrogens is 805 g/mol. The molecule has 2 heterocycles. The van der Waals surface area contributed by atoms with Gasteiger partial charge in [-0.1, -0.05) is 155 Å². The molecule has 374 valence electrons. The highest BCUT2D eigenvalue weighted by atomic mass is 16.4. The Morgan fingerprint density at radius 1 is 0.438 bits per heavy atom. The summed E-state index contributed by atoms with van der Waals surface area (Å²) in [6.07, 6.45) is 25.2. The predicted octanol–water partition coefficient (Wildman–Crippen LogP) is 13.9. The van der Waals surface area contributed by atoms with Gasteiger partial charge in [0.1, 0.15) is 5.41 Å². The second-order valence-electron chi connectivity index (χ2n) is 23.6. The molecule has 2 unspecified atom stereocenters. The Hall–Kier alpha value is -2.20. The summed E-state index contributed by atoms with van der Waals surface area (Å²) in [5, 5.41) is 46.3. The van der Waals surface area contributed by atoms with Gasteiger partial charge in [0.05, 0.1) is 0 Å². The molecule has 0 aliphatic carbocycles. The number of carboxylic acids is 4. The smallest absolute Gasteiger partial charge is 0.334 e. The summed E-state index contributed by atoms with van der Waals surface area (Å²) in [4.78, 5) is 61.9. The number of carboxylic acid groups (broad SMARTS) is 4. The fraction of sp³-hybridized carbons (Fsp3) is 0.926. The molecule has 0 amide bonds. The minimum Gasteiger partial charge on any atom is -0.481 e. The molecule has 10 heteroatoms. The first-order chi connectivity index (χ1) is 29.8. The Bertz CT molecular complexity index is 1380. The Kier molecular flexibility index (Phi) is 22.9. The topological polar surface area (TPSA) is 156 Å². The van der Waals surface area contributed by atoms with Crippen molar-refractivity contribution in [1.82, 2.24) is 9.80 Å². The second kappa shape index (κ2) is 25.2. The predicted molar refractivity (Wildman–Crippen MR) is 262 cm³/mol. The van der Waals surface area contributed by atoms with Gasteiger partial charge in [0, 0.05) is 22.2 Å². The number of carbonyl (C=O) groups is 4. The van der Waals surface area contributed by atoms with Gasteiger partial charge in [0.15, 0.2) is 0 Å². The van der Waals surface area contributed by atoms with Crippen molar-refractivity contribution in [2.24, 2.45) is 28.1 Å². The van der Waals surface area contributed by atoms with Crippen LogP contribution in [-0.4, -0.2) is 90.4 Å². The quantitative estimate of drug-likeness (QED) is 0.0369. The van der Waals surface area contributed by atoms with Crippen LogP contribution in [0.1, 0.15) is 255 Å². The van der Waals surface area contributed by atoms with Crippen LogP contribution in [0.15, 0.2) is 0 Å². The van der Waals surface area contributed by atoms with E-state index in [1.165, 1.54) is 70.6 Å². The summed E-state index contributed by atoms with van der Waals surface area (Å²) in [5.74, 6) is -8.42. The highest BCUT2D eigenvalue weighted by Crippen LogP contribution is 2.68. The van der Waals surface area contributed by atoms with Gasteiger partial charge >= 0.3 is 23.9 Å². The third-order valence-electron chi connectivity index (χ3n) is 17.3. The Balaban J connectivity index is 2.91. The summed E-state index contributed by atoms with van der Waals surface area (Å²) in [7, 11) is 4.20. The van der Waals surface area contributed by atoms with E-state index in [0.717, 1.165) is 51.4 Å². The maximum Gasteiger partial charge on any atom is 0.334 e. The van der Waals surface area contributed by atoms with E-state index in [9.17, 15) is 34.8 Å². The van der Waals surface area contributed by atoms with Crippen LogP contribution in [0.5, 0.6) is 0 Å². The molecule has 0 radical (unpaired) electrons. The number of likely N-dealkylation sites (tertiary alicyclic amines) is 2. The molecule has 2 fully saturated rings. The number of rotatable bonds is 33. The summed E-state index contributed by atoms with van der Waals surface area (Å²) in [6, 6.07) is 0. The molecule has 0 aromatic heterocycles. The number of aliphatic carboxylic acids is 4. The molecule has 2 saturated heterocycles. The Morgan fingerprint density at radius 3 is 1.02 bits per heavy atom. The third-order valence-corrected chi connectivity index (χ3v) is 17.3.